The lowest BCUT2D eigenvalue weighted by Gasteiger charge is -2.43. The van der Waals surface area contributed by atoms with E-state index in [0.29, 0.717) is 26.2 Å². The first kappa shape index (κ1) is 20.8. The van der Waals surface area contributed by atoms with Gasteiger partial charge in [-0.2, -0.15) is 0 Å². The molecule has 2 aromatic rings. The lowest BCUT2D eigenvalue weighted by molar-refractivity contribution is -0.142. The quantitative estimate of drug-likeness (QED) is 0.711. The van der Waals surface area contributed by atoms with E-state index in [2.05, 4.69) is 54.6 Å². The molecule has 1 spiro atoms. The molecule has 0 atom stereocenters. The van der Waals surface area contributed by atoms with Crippen molar-refractivity contribution in [2.75, 3.05) is 26.2 Å². The molecule has 0 radical (unpaired) electrons. The summed E-state index contributed by atoms with van der Waals surface area (Å²) in [7, 11) is 0. The summed E-state index contributed by atoms with van der Waals surface area (Å²) < 4.78 is 6.50. The highest BCUT2D eigenvalue weighted by molar-refractivity contribution is 5.80. The Hall–Kier alpha value is -3.08. The Kier molecular flexibility index (Phi) is 5.50. The van der Waals surface area contributed by atoms with Gasteiger partial charge in [0.05, 0.1) is 0 Å². The normalized spacial score (nSPS) is 20.0. The van der Waals surface area contributed by atoms with Crippen LogP contribution in [0.3, 0.4) is 0 Å². The van der Waals surface area contributed by atoms with E-state index < -0.39 is 0 Å². The van der Waals surface area contributed by atoms with Gasteiger partial charge in [-0.1, -0.05) is 42.5 Å². The molecule has 3 aliphatic rings. The van der Waals surface area contributed by atoms with Gasteiger partial charge in [0.15, 0.2) is 0 Å². The highest BCUT2D eigenvalue weighted by Crippen LogP contribution is 2.39. The van der Waals surface area contributed by atoms with Crippen molar-refractivity contribution in [3.05, 3.63) is 60.2 Å². The largest absolute Gasteiger partial charge is 0.482 e. The number of carbonyl (C=O) groups is 2. The molecule has 32 heavy (non-hydrogen) atoms. The summed E-state index contributed by atoms with van der Waals surface area (Å²) in [5.41, 5.74) is 3.16. The van der Waals surface area contributed by atoms with Crippen molar-refractivity contribution >= 4 is 17.9 Å². The van der Waals surface area contributed by atoms with Crippen LogP contribution in [-0.2, 0) is 9.59 Å². The summed E-state index contributed by atoms with van der Waals surface area (Å²) in [5, 5.41) is 0. The van der Waals surface area contributed by atoms with E-state index in [1.807, 2.05) is 15.9 Å². The summed E-state index contributed by atoms with van der Waals surface area (Å²) in [6, 6.07) is 16.7. The van der Waals surface area contributed by atoms with Crippen molar-refractivity contribution < 1.29 is 14.3 Å². The number of hydrogen-bond acceptors (Lipinski definition) is 3. The predicted molar refractivity (Wildman–Crippen MR) is 125 cm³/mol. The lowest BCUT2D eigenvalue weighted by Crippen LogP contribution is -2.51. The molecular formula is C27H30N2O3. The third-order valence-electron chi connectivity index (χ3n) is 7.21. The van der Waals surface area contributed by atoms with Crippen molar-refractivity contribution in [2.45, 2.75) is 38.2 Å². The number of benzene rings is 2. The number of ether oxygens (including phenoxy) is 1. The van der Waals surface area contributed by atoms with Gasteiger partial charge in [-0.05, 0) is 42.2 Å². The number of carbonyl (C=O) groups excluding carboxylic acids is 2. The number of hydrogen-bond donors (Lipinski definition) is 0. The topological polar surface area (TPSA) is 49.9 Å². The smallest absolute Gasteiger partial charge is 0.225 e. The summed E-state index contributed by atoms with van der Waals surface area (Å²) in [5.74, 6) is 1.31. The maximum Gasteiger partial charge on any atom is 0.225 e. The summed E-state index contributed by atoms with van der Waals surface area (Å²) >= 11 is 0. The van der Waals surface area contributed by atoms with Crippen LogP contribution in [-0.4, -0.2) is 53.4 Å². The average molecular weight is 431 g/mol. The highest BCUT2D eigenvalue weighted by atomic mass is 16.5. The Labute approximate surface area is 189 Å². The van der Waals surface area contributed by atoms with Crippen molar-refractivity contribution in [1.29, 1.82) is 0 Å². The molecule has 2 aromatic carbocycles. The molecule has 0 aromatic heterocycles. The second-order valence-electron chi connectivity index (χ2n) is 9.22. The molecule has 166 valence electrons. The fourth-order valence-electron chi connectivity index (χ4n) is 5.15. The van der Waals surface area contributed by atoms with E-state index in [0.717, 1.165) is 37.0 Å². The second kappa shape index (κ2) is 8.45. The van der Waals surface area contributed by atoms with Gasteiger partial charge in [-0.15, -0.1) is 0 Å². The Morgan fingerprint density at radius 1 is 0.906 bits per heavy atom. The minimum Gasteiger partial charge on any atom is -0.482 e. The maximum atomic E-state index is 13.0. The van der Waals surface area contributed by atoms with Crippen molar-refractivity contribution in [1.82, 2.24) is 9.80 Å². The van der Waals surface area contributed by atoms with Crippen LogP contribution < -0.4 is 4.74 Å². The van der Waals surface area contributed by atoms with Gasteiger partial charge < -0.3 is 14.5 Å². The molecule has 2 saturated heterocycles. The Morgan fingerprint density at radius 2 is 1.62 bits per heavy atom. The van der Waals surface area contributed by atoms with Crippen LogP contribution in [0.2, 0.25) is 0 Å². The lowest BCUT2D eigenvalue weighted by atomic mass is 9.86. The van der Waals surface area contributed by atoms with Crippen LogP contribution in [0.5, 0.6) is 5.75 Å². The number of amides is 2. The molecule has 5 rings (SSSR count). The van der Waals surface area contributed by atoms with Gasteiger partial charge >= 0.3 is 0 Å². The predicted octanol–water partition coefficient (Wildman–Crippen LogP) is 4.38. The summed E-state index contributed by atoms with van der Waals surface area (Å²) in [4.78, 5) is 28.4. The number of fused-ring (bicyclic) bond motifs is 1. The standard InChI is InChI=1S/C27H30N2O3/c1-20(30)28-15-10-22(11-16-28)26(31)29-17-13-27(14-18-29)12-9-24-19-23(7-8-25(24)32-27)21-5-3-2-4-6-21/h2-9,12,19,22H,10-11,13-18H2,1H3. The van der Waals surface area contributed by atoms with Gasteiger partial charge in [-0.25, -0.2) is 0 Å². The van der Waals surface area contributed by atoms with Crippen LogP contribution >= 0.6 is 0 Å². The zero-order chi connectivity index (χ0) is 22.1. The number of nitrogens with zero attached hydrogens (tertiary/aromatic N) is 2. The SMILES string of the molecule is CC(=O)N1CCC(C(=O)N2CCC3(C=Cc4cc(-c5ccccc5)ccc4O3)CC2)CC1. The second-order valence-corrected chi connectivity index (χ2v) is 9.22. The Balaban J connectivity index is 1.21. The molecule has 0 bridgehead atoms. The fraction of sp³-hybridized carbons (Fsp3) is 0.407. The van der Waals surface area contributed by atoms with Crippen LogP contribution in [0.25, 0.3) is 17.2 Å². The molecule has 2 fully saturated rings. The number of piperidine rings is 2. The molecule has 5 heteroatoms. The van der Waals surface area contributed by atoms with Crippen molar-refractivity contribution in [3.63, 3.8) is 0 Å². The van der Waals surface area contributed by atoms with E-state index >= 15 is 0 Å². The van der Waals surface area contributed by atoms with E-state index in [9.17, 15) is 9.59 Å². The molecule has 0 aliphatic carbocycles. The van der Waals surface area contributed by atoms with Crippen LogP contribution in [0, 0.1) is 5.92 Å². The monoisotopic (exact) mass is 430 g/mol. The first-order valence-corrected chi connectivity index (χ1v) is 11.7. The minimum atomic E-state index is -0.323. The Morgan fingerprint density at radius 3 is 2.31 bits per heavy atom. The van der Waals surface area contributed by atoms with Gasteiger partial charge in [0, 0.05) is 57.4 Å². The van der Waals surface area contributed by atoms with Crippen molar-refractivity contribution in [3.8, 4) is 16.9 Å². The van der Waals surface area contributed by atoms with Crippen LogP contribution in [0.4, 0.5) is 0 Å². The molecule has 0 unspecified atom stereocenters. The zero-order valence-electron chi connectivity index (χ0n) is 18.6. The molecule has 0 N–H and O–H groups in total. The van der Waals surface area contributed by atoms with Crippen molar-refractivity contribution in [2.24, 2.45) is 5.92 Å². The highest BCUT2D eigenvalue weighted by Gasteiger charge is 2.39. The minimum absolute atomic E-state index is 0.0413. The third-order valence-corrected chi connectivity index (χ3v) is 7.21. The van der Waals surface area contributed by atoms with E-state index in [1.54, 1.807) is 6.92 Å². The Bertz CT molecular complexity index is 1030. The number of rotatable bonds is 2. The first-order valence-electron chi connectivity index (χ1n) is 11.7. The summed E-state index contributed by atoms with van der Waals surface area (Å²) in [6.45, 7) is 4.42. The van der Waals surface area contributed by atoms with Gasteiger partial charge in [0.2, 0.25) is 11.8 Å². The molecule has 2 amide bonds. The zero-order valence-corrected chi connectivity index (χ0v) is 18.6. The summed E-state index contributed by atoms with van der Waals surface area (Å²) in [6.07, 6.45) is 7.53. The van der Waals surface area contributed by atoms with Gasteiger partial charge in [0.1, 0.15) is 11.4 Å². The van der Waals surface area contributed by atoms with Gasteiger partial charge in [0.25, 0.3) is 0 Å². The fourth-order valence-corrected chi connectivity index (χ4v) is 5.15. The van der Waals surface area contributed by atoms with E-state index in [4.69, 9.17) is 4.74 Å². The van der Waals surface area contributed by atoms with Crippen LogP contribution in [0.1, 0.15) is 38.2 Å². The van der Waals surface area contributed by atoms with Gasteiger partial charge in [-0.3, -0.25) is 9.59 Å². The molecule has 3 aliphatic heterocycles. The molecule has 0 saturated carbocycles. The van der Waals surface area contributed by atoms with E-state index in [1.165, 1.54) is 11.1 Å². The van der Waals surface area contributed by atoms with E-state index in [-0.39, 0.29) is 23.3 Å². The first-order chi connectivity index (χ1) is 15.5. The molecule has 5 nitrogen and oxygen atoms in total. The molecular weight excluding hydrogens is 400 g/mol. The van der Waals surface area contributed by atoms with Crippen LogP contribution in [0.15, 0.2) is 54.6 Å². The molecule has 3 heterocycles. The third kappa shape index (κ3) is 4.04. The average Bonchev–Trinajstić information content (AvgIpc) is 2.84. The number of likely N-dealkylation sites (tertiary alicyclic amines) is 2. The maximum absolute atomic E-state index is 13.0.